The van der Waals surface area contributed by atoms with Crippen molar-refractivity contribution in [1.82, 2.24) is 14.8 Å². The Hall–Kier alpha value is -2.13. The quantitative estimate of drug-likeness (QED) is 0.481. The molecule has 2 heterocycles. The zero-order valence-corrected chi connectivity index (χ0v) is 12.5. The van der Waals surface area contributed by atoms with Crippen molar-refractivity contribution < 1.29 is 9.90 Å². The van der Waals surface area contributed by atoms with Crippen molar-refractivity contribution in [3.05, 3.63) is 48.7 Å². The van der Waals surface area contributed by atoms with Gasteiger partial charge in [0.1, 0.15) is 0 Å². The highest BCUT2D eigenvalue weighted by Crippen LogP contribution is 2.24. The summed E-state index contributed by atoms with van der Waals surface area (Å²) in [5, 5.41) is 13.2. The van der Waals surface area contributed by atoms with Crippen LogP contribution < -0.4 is 11.1 Å². The first kappa shape index (κ1) is 15.3. The summed E-state index contributed by atoms with van der Waals surface area (Å²) >= 11 is 2.79. The maximum atomic E-state index is 11.2. The topological polar surface area (TPSA) is 105 Å². The lowest BCUT2D eigenvalue weighted by Gasteiger charge is -2.04. The van der Waals surface area contributed by atoms with Crippen LogP contribution in [0, 0.1) is 0 Å². The summed E-state index contributed by atoms with van der Waals surface area (Å²) in [7, 11) is 1.60. The van der Waals surface area contributed by atoms with Crippen LogP contribution in [0.5, 0.6) is 0 Å². The Balaban J connectivity index is 2.07. The number of nitrogens with one attached hydrogen (secondary N) is 1. The summed E-state index contributed by atoms with van der Waals surface area (Å²) in [6.45, 7) is 0. The summed E-state index contributed by atoms with van der Waals surface area (Å²) in [5.74, 6) is -0.428. The predicted molar refractivity (Wildman–Crippen MR) is 80.6 cm³/mol. The Bertz CT molecular complexity index is 803. The molecule has 0 aliphatic heterocycles. The van der Waals surface area contributed by atoms with Crippen LogP contribution in [-0.2, 0) is 17.6 Å². The molecule has 0 amide bonds. The monoisotopic (exact) mass is 325 g/mol. The summed E-state index contributed by atoms with van der Waals surface area (Å²) in [6.07, 6.45) is 2.59. The van der Waals surface area contributed by atoms with E-state index in [1.807, 2.05) is 11.4 Å². The number of H-pyrrole nitrogens is 1. The number of nitrogens with zero attached hydrogens (tertiary/aromatic N) is 2. The zero-order valence-electron chi connectivity index (χ0n) is 10.9. The van der Waals surface area contributed by atoms with Crippen LogP contribution in [0.2, 0.25) is 0 Å². The molecule has 0 atom stereocenters. The van der Waals surface area contributed by atoms with E-state index in [4.69, 9.17) is 5.11 Å². The number of carboxylic acid groups (broad SMARTS) is 1. The van der Waals surface area contributed by atoms with Crippen LogP contribution in [-0.4, -0.2) is 25.8 Å². The van der Waals surface area contributed by atoms with Gasteiger partial charge < -0.3 is 5.11 Å². The average molecular weight is 325 g/mol. The first-order valence-electron chi connectivity index (χ1n) is 5.74. The number of aliphatic carboxylic acids is 1. The number of thioether (sulfide) groups is 1. The van der Waals surface area contributed by atoms with Crippen LogP contribution in [0.4, 0.5) is 0 Å². The summed E-state index contributed by atoms with van der Waals surface area (Å²) in [5.41, 5.74) is -0.757. The molecule has 0 aromatic carbocycles. The number of carboxylic acids is 1. The molecule has 0 aliphatic rings. The Morgan fingerprint density at radius 3 is 3.05 bits per heavy atom. The highest BCUT2D eigenvalue weighted by Gasteiger charge is 2.06. The predicted octanol–water partition coefficient (Wildman–Crippen LogP) is 0.920. The molecule has 9 heteroatoms. The van der Waals surface area contributed by atoms with E-state index in [1.165, 1.54) is 33.9 Å². The minimum atomic E-state index is -0.996. The molecule has 0 spiro atoms. The summed E-state index contributed by atoms with van der Waals surface area (Å²) < 4.78 is 1.40. The normalized spacial score (nSPS) is 11.1. The van der Waals surface area contributed by atoms with Gasteiger partial charge in [0, 0.05) is 23.8 Å². The number of carbonyl (C=O) groups is 1. The van der Waals surface area contributed by atoms with Crippen molar-refractivity contribution in [3.8, 4) is 0 Å². The average Bonchev–Trinajstić information content (AvgIpc) is 2.87. The molecule has 110 valence electrons. The van der Waals surface area contributed by atoms with Crippen molar-refractivity contribution in [3.63, 3.8) is 0 Å². The minimum absolute atomic E-state index is 0.413. The van der Waals surface area contributed by atoms with Crippen molar-refractivity contribution in [2.75, 3.05) is 0 Å². The molecule has 0 aliphatic carbocycles. The molecule has 2 rings (SSSR count). The van der Waals surface area contributed by atoms with Gasteiger partial charge in [-0.25, -0.2) is 4.79 Å². The summed E-state index contributed by atoms with van der Waals surface area (Å²) in [4.78, 5) is 37.4. The fraction of sp³-hybridized carbons (Fsp3) is 0.167. The number of thiophene rings is 1. The lowest BCUT2D eigenvalue weighted by atomic mass is 10.3. The summed E-state index contributed by atoms with van der Waals surface area (Å²) in [6, 6.07) is 1.86. The van der Waals surface area contributed by atoms with E-state index in [1.54, 1.807) is 7.05 Å². The van der Waals surface area contributed by atoms with Gasteiger partial charge in [0.2, 0.25) is 0 Å². The van der Waals surface area contributed by atoms with Gasteiger partial charge in [0.25, 0.3) is 0 Å². The number of rotatable bonds is 5. The first-order chi connectivity index (χ1) is 9.95. The van der Waals surface area contributed by atoms with Gasteiger partial charge in [-0.05, 0) is 23.1 Å². The number of aromatic amines is 1. The largest absolute Gasteiger partial charge is 0.478 e. The molecule has 0 bridgehead atoms. The minimum Gasteiger partial charge on any atom is -0.478 e. The molecule has 0 radical (unpaired) electrons. The number of aromatic nitrogens is 3. The third-order valence-corrected chi connectivity index (χ3v) is 4.60. The number of hydrogen-bond donors (Lipinski definition) is 2. The Morgan fingerprint density at radius 2 is 2.33 bits per heavy atom. The molecule has 21 heavy (non-hydrogen) atoms. The third kappa shape index (κ3) is 4.17. The molecule has 2 N–H and O–H groups in total. The van der Waals surface area contributed by atoms with Crippen LogP contribution in [0.3, 0.4) is 0 Å². The van der Waals surface area contributed by atoms with Crippen molar-refractivity contribution >= 4 is 35.1 Å². The lowest BCUT2D eigenvalue weighted by Crippen LogP contribution is -2.33. The Morgan fingerprint density at radius 1 is 1.57 bits per heavy atom. The van der Waals surface area contributed by atoms with E-state index in [0.717, 1.165) is 16.5 Å². The molecule has 0 fully saturated rings. The molecule has 2 aromatic heterocycles. The highest BCUT2D eigenvalue weighted by atomic mass is 32.2. The molecular weight excluding hydrogens is 314 g/mol. The first-order valence-corrected chi connectivity index (χ1v) is 7.61. The van der Waals surface area contributed by atoms with E-state index < -0.39 is 17.1 Å². The smallest absolute Gasteiger partial charge is 0.339 e. The molecule has 0 saturated carbocycles. The third-order valence-electron chi connectivity index (χ3n) is 2.38. The van der Waals surface area contributed by atoms with E-state index in [0.29, 0.717) is 10.9 Å². The number of hydrogen-bond acceptors (Lipinski definition) is 6. The fourth-order valence-electron chi connectivity index (χ4n) is 1.45. The maximum absolute atomic E-state index is 11.2. The van der Waals surface area contributed by atoms with E-state index in [2.05, 4.69) is 10.1 Å². The van der Waals surface area contributed by atoms with Crippen LogP contribution in [0.1, 0.15) is 10.4 Å². The zero-order chi connectivity index (χ0) is 15.4. The van der Waals surface area contributed by atoms with E-state index >= 15 is 0 Å². The maximum Gasteiger partial charge on any atom is 0.339 e. The second-order valence-corrected chi connectivity index (χ2v) is 5.94. The van der Waals surface area contributed by atoms with Crippen molar-refractivity contribution in [1.29, 1.82) is 0 Å². The van der Waals surface area contributed by atoms with Gasteiger partial charge in [-0.1, -0.05) is 11.8 Å². The SMILES string of the molecule is Cn1[nH]c(=O)c(=O)nc1SCc1cc(/C=C/C(=O)O)cs1. The Labute approximate surface area is 127 Å². The second-order valence-electron chi connectivity index (χ2n) is 4.01. The van der Waals surface area contributed by atoms with Gasteiger partial charge in [0.15, 0.2) is 5.16 Å². The lowest BCUT2D eigenvalue weighted by molar-refractivity contribution is -0.131. The second kappa shape index (κ2) is 6.55. The molecule has 7 nitrogen and oxygen atoms in total. The standard InChI is InChI=1S/C12H11N3O4S2/c1-15-12(13-10(18)11(19)14-15)21-6-8-4-7(5-20-8)2-3-9(16)17/h2-5H,6H2,1H3,(H,14,19)(H,16,17)/b3-2+. The van der Waals surface area contributed by atoms with Gasteiger partial charge in [0.05, 0.1) is 0 Å². The van der Waals surface area contributed by atoms with Gasteiger partial charge in [-0.15, -0.1) is 11.3 Å². The van der Waals surface area contributed by atoms with E-state index in [9.17, 15) is 14.4 Å². The fourth-order valence-corrected chi connectivity index (χ4v) is 3.28. The number of aryl methyl sites for hydroxylation is 1. The molecule has 0 saturated heterocycles. The van der Waals surface area contributed by atoms with Crippen molar-refractivity contribution in [2.45, 2.75) is 10.9 Å². The Kier molecular flexibility index (Phi) is 4.76. The van der Waals surface area contributed by atoms with Gasteiger partial charge in [-0.2, -0.15) is 4.98 Å². The highest BCUT2D eigenvalue weighted by molar-refractivity contribution is 7.98. The van der Waals surface area contributed by atoms with Crippen LogP contribution in [0.25, 0.3) is 6.08 Å². The van der Waals surface area contributed by atoms with Gasteiger partial charge >= 0.3 is 17.1 Å². The van der Waals surface area contributed by atoms with Crippen LogP contribution >= 0.6 is 23.1 Å². The van der Waals surface area contributed by atoms with Gasteiger partial charge in [-0.3, -0.25) is 19.4 Å². The molecule has 2 aromatic rings. The molecular formula is C12H11N3O4S2. The molecule has 0 unspecified atom stereocenters. The van der Waals surface area contributed by atoms with E-state index in [-0.39, 0.29) is 0 Å². The van der Waals surface area contributed by atoms with Crippen LogP contribution in [0.15, 0.2) is 32.3 Å². The van der Waals surface area contributed by atoms with Crippen molar-refractivity contribution in [2.24, 2.45) is 7.05 Å².